The van der Waals surface area contributed by atoms with Crippen molar-refractivity contribution in [1.29, 1.82) is 0 Å². The summed E-state index contributed by atoms with van der Waals surface area (Å²) in [5.41, 5.74) is 5.47. The fourth-order valence-electron chi connectivity index (χ4n) is 1.08. The third kappa shape index (κ3) is 2.45. The number of nitrogen functional groups attached to an aromatic ring is 1. The number of halogens is 1. The minimum atomic E-state index is -3.62. The van der Waals surface area contributed by atoms with Crippen LogP contribution in [0.5, 0.6) is 0 Å². The molecule has 0 radical (unpaired) electrons. The zero-order valence-electron chi connectivity index (χ0n) is 8.57. The molecule has 0 unspecified atom stereocenters. The summed E-state index contributed by atoms with van der Waals surface area (Å²) in [5.74, 6) is -0.655. The lowest BCUT2D eigenvalue weighted by atomic mass is 10.3. The normalized spacial score (nSPS) is 12.0. The molecule has 1 rings (SSSR count). The third-order valence-corrected chi connectivity index (χ3v) is 3.96. The van der Waals surface area contributed by atoms with E-state index in [4.69, 9.17) is 5.73 Å². The molecule has 15 heavy (non-hydrogen) atoms. The molecule has 0 fully saturated rings. The van der Waals surface area contributed by atoms with Gasteiger partial charge in [0.15, 0.2) is 0 Å². The molecule has 0 aliphatic carbocycles. The lowest BCUT2D eigenvalue weighted by molar-refractivity contribution is 0.485. The second-order valence-corrected chi connectivity index (χ2v) is 5.18. The van der Waals surface area contributed by atoms with Crippen molar-refractivity contribution in [2.45, 2.75) is 11.8 Å². The number of nitrogens with two attached hydrogens (primary N) is 1. The van der Waals surface area contributed by atoms with Gasteiger partial charge < -0.3 is 5.73 Å². The molecule has 84 valence electrons. The lowest BCUT2D eigenvalue weighted by Gasteiger charge is -2.15. The predicted molar refractivity (Wildman–Crippen MR) is 56.3 cm³/mol. The van der Waals surface area contributed by atoms with Crippen molar-refractivity contribution in [3.63, 3.8) is 0 Å². The van der Waals surface area contributed by atoms with Crippen molar-refractivity contribution in [2.24, 2.45) is 0 Å². The van der Waals surface area contributed by atoms with E-state index < -0.39 is 15.8 Å². The predicted octanol–water partition coefficient (Wildman–Crippen LogP) is 1.05. The molecule has 0 heterocycles. The summed E-state index contributed by atoms with van der Waals surface area (Å²) in [6.45, 7) is 2.01. The van der Waals surface area contributed by atoms with E-state index in [0.717, 1.165) is 16.4 Å². The maximum Gasteiger partial charge on any atom is 0.242 e. The van der Waals surface area contributed by atoms with E-state index in [9.17, 15) is 12.8 Å². The minimum Gasteiger partial charge on any atom is -0.399 e. The molecule has 6 heteroatoms. The van der Waals surface area contributed by atoms with Crippen molar-refractivity contribution in [3.8, 4) is 0 Å². The van der Waals surface area contributed by atoms with Crippen LogP contribution in [0.2, 0.25) is 0 Å². The molecular formula is C9H13FN2O2S. The molecule has 0 aliphatic heterocycles. The van der Waals surface area contributed by atoms with Crippen molar-refractivity contribution >= 4 is 15.7 Å². The molecular weight excluding hydrogens is 219 g/mol. The molecule has 1 aromatic carbocycles. The monoisotopic (exact) mass is 232 g/mol. The average Bonchev–Trinajstić information content (AvgIpc) is 2.15. The molecule has 0 saturated carbocycles. The van der Waals surface area contributed by atoms with Crippen molar-refractivity contribution in [2.75, 3.05) is 19.3 Å². The molecule has 2 N–H and O–H groups in total. The molecule has 4 nitrogen and oxygen atoms in total. The van der Waals surface area contributed by atoms with E-state index in [1.807, 2.05) is 0 Å². The highest BCUT2D eigenvalue weighted by Gasteiger charge is 2.20. The number of benzene rings is 1. The van der Waals surface area contributed by atoms with Crippen molar-refractivity contribution in [1.82, 2.24) is 4.31 Å². The van der Waals surface area contributed by atoms with Gasteiger partial charge in [-0.2, -0.15) is 0 Å². The summed E-state index contributed by atoms with van der Waals surface area (Å²) >= 11 is 0. The van der Waals surface area contributed by atoms with Crippen LogP contribution in [0, 0.1) is 5.82 Å². The second-order valence-electron chi connectivity index (χ2n) is 3.14. The number of hydrogen-bond donors (Lipinski definition) is 1. The Morgan fingerprint density at radius 3 is 2.47 bits per heavy atom. The summed E-state index contributed by atoms with van der Waals surface area (Å²) < 4.78 is 37.6. The lowest BCUT2D eigenvalue weighted by Crippen LogP contribution is -2.26. The van der Waals surface area contributed by atoms with Crippen LogP contribution in [0.3, 0.4) is 0 Å². The molecule has 0 amide bonds. The van der Waals surface area contributed by atoms with Crippen molar-refractivity contribution < 1.29 is 12.8 Å². The smallest absolute Gasteiger partial charge is 0.242 e. The van der Waals surface area contributed by atoms with E-state index in [1.165, 1.54) is 13.1 Å². The maximum absolute atomic E-state index is 13.0. The van der Waals surface area contributed by atoms with Gasteiger partial charge in [0.05, 0.1) is 4.90 Å². The summed E-state index contributed by atoms with van der Waals surface area (Å²) in [6, 6.07) is 3.27. The second kappa shape index (κ2) is 4.16. The molecule has 0 saturated heterocycles. The Labute approximate surface area is 88.6 Å². The van der Waals surface area contributed by atoms with Gasteiger partial charge in [-0.3, -0.25) is 0 Å². The van der Waals surface area contributed by atoms with Gasteiger partial charge in [0, 0.05) is 19.3 Å². The van der Waals surface area contributed by atoms with Gasteiger partial charge in [0.1, 0.15) is 5.82 Å². The Morgan fingerprint density at radius 1 is 1.40 bits per heavy atom. The van der Waals surface area contributed by atoms with Crippen LogP contribution in [0.15, 0.2) is 23.1 Å². The first-order chi connectivity index (χ1) is 6.87. The quantitative estimate of drug-likeness (QED) is 0.792. The Morgan fingerprint density at radius 2 is 2.00 bits per heavy atom. The Hall–Kier alpha value is -1.14. The van der Waals surface area contributed by atoms with Gasteiger partial charge in [-0.15, -0.1) is 0 Å². The van der Waals surface area contributed by atoms with E-state index in [1.54, 1.807) is 6.92 Å². The van der Waals surface area contributed by atoms with Gasteiger partial charge in [-0.1, -0.05) is 6.92 Å². The van der Waals surface area contributed by atoms with E-state index in [2.05, 4.69) is 0 Å². The van der Waals surface area contributed by atoms with E-state index in [0.29, 0.717) is 6.54 Å². The highest BCUT2D eigenvalue weighted by molar-refractivity contribution is 7.89. The average molecular weight is 232 g/mol. The first-order valence-corrected chi connectivity index (χ1v) is 5.84. The molecule has 0 aromatic heterocycles. The summed E-state index contributed by atoms with van der Waals surface area (Å²) in [6.07, 6.45) is 0. The Bertz CT molecular complexity index is 439. The zero-order valence-corrected chi connectivity index (χ0v) is 9.38. The van der Waals surface area contributed by atoms with Crippen LogP contribution in [-0.2, 0) is 10.0 Å². The number of nitrogens with zero attached hydrogens (tertiary/aromatic N) is 1. The maximum atomic E-state index is 13.0. The Balaban J connectivity index is 3.27. The topological polar surface area (TPSA) is 63.4 Å². The van der Waals surface area contributed by atoms with Gasteiger partial charge in [0.2, 0.25) is 10.0 Å². The van der Waals surface area contributed by atoms with Gasteiger partial charge in [-0.05, 0) is 18.2 Å². The zero-order chi connectivity index (χ0) is 11.6. The number of rotatable bonds is 3. The van der Waals surface area contributed by atoms with Gasteiger partial charge >= 0.3 is 0 Å². The fourth-order valence-corrected chi connectivity index (χ4v) is 2.33. The molecule has 0 atom stereocenters. The van der Waals surface area contributed by atoms with E-state index in [-0.39, 0.29) is 10.6 Å². The highest BCUT2D eigenvalue weighted by Crippen LogP contribution is 2.18. The SMILES string of the molecule is CCN(C)S(=O)(=O)c1cc(N)cc(F)c1. The van der Waals surface area contributed by atoms with Crippen LogP contribution < -0.4 is 5.73 Å². The molecule has 0 bridgehead atoms. The van der Waals surface area contributed by atoms with Crippen LogP contribution >= 0.6 is 0 Å². The first-order valence-electron chi connectivity index (χ1n) is 4.40. The summed E-state index contributed by atoms with van der Waals surface area (Å²) in [5, 5.41) is 0. The number of sulfonamides is 1. The van der Waals surface area contributed by atoms with Gasteiger partial charge in [-0.25, -0.2) is 17.1 Å². The standard InChI is InChI=1S/C9H13FN2O2S/c1-3-12(2)15(13,14)9-5-7(10)4-8(11)6-9/h4-6H,3,11H2,1-2H3. The number of anilines is 1. The summed E-state index contributed by atoms with van der Waals surface area (Å²) in [4.78, 5) is -0.121. The van der Waals surface area contributed by atoms with Gasteiger partial charge in [0.25, 0.3) is 0 Å². The molecule has 0 aliphatic rings. The fraction of sp³-hybridized carbons (Fsp3) is 0.333. The van der Waals surface area contributed by atoms with E-state index >= 15 is 0 Å². The van der Waals surface area contributed by atoms with Crippen LogP contribution in [0.4, 0.5) is 10.1 Å². The third-order valence-electron chi connectivity index (χ3n) is 2.05. The first kappa shape index (κ1) is 11.9. The molecule has 1 aromatic rings. The minimum absolute atomic E-state index is 0.0954. The Kier molecular flexibility index (Phi) is 3.31. The number of hydrogen-bond acceptors (Lipinski definition) is 3. The highest BCUT2D eigenvalue weighted by atomic mass is 32.2. The summed E-state index contributed by atoms with van der Waals surface area (Å²) in [7, 11) is -2.19. The van der Waals surface area contributed by atoms with Crippen LogP contribution in [0.1, 0.15) is 6.92 Å². The van der Waals surface area contributed by atoms with Crippen molar-refractivity contribution in [3.05, 3.63) is 24.0 Å². The van der Waals surface area contributed by atoms with Crippen LogP contribution in [-0.4, -0.2) is 26.3 Å². The van der Waals surface area contributed by atoms with Crippen LogP contribution in [0.25, 0.3) is 0 Å². The largest absolute Gasteiger partial charge is 0.399 e. The molecule has 0 spiro atoms.